The van der Waals surface area contributed by atoms with Gasteiger partial charge in [-0.05, 0) is 24.1 Å². The van der Waals surface area contributed by atoms with Crippen LogP contribution in [0.1, 0.15) is 45.6 Å². The van der Waals surface area contributed by atoms with Crippen molar-refractivity contribution in [1.29, 1.82) is 0 Å². The maximum Gasteiger partial charge on any atom is 0.416 e. The van der Waals surface area contributed by atoms with Crippen LogP contribution in [0.25, 0.3) is 0 Å². The highest BCUT2D eigenvalue weighted by molar-refractivity contribution is 5.98. The number of amides is 2. The molecule has 1 aliphatic rings. The highest BCUT2D eigenvalue weighted by atomic mass is 19.4. The molecule has 3 rings (SSSR count). The molecule has 9 nitrogen and oxygen atoms in total. The number of pyridine rings is 1. The summed E-state index contributed by atoms with van der Waals surface area (Å²) in [6.07, 6.45) is -2.45. The van der Waals surface area contributed by atoms with Crippen LogP contribution in [-0.2, 0) is 35.4 Å². The maximum absolute atomic E-state index is 13.2. The fraction of sp³-hybridized carbons (Fsp3) is 0.304. The Morgan fingerprint density at radius 1 is 1.14 bits per heavy atom. The second-order valence-corrected chi connectivity index (χ2v) is 7.89. The first kappa shape index (κ1) is 25.5. The SMILES string of the molecule is C=CCCC(=O)N1Cc2c(O)c(C(=O)NCC(=O)O)c(=O)n(Cc3ccc(C(F)(F)F)cc3)c2C1. The van der Waals surface area contributed by atoms with Gasteiger partial charge in [-0.2, -0.15) is 13.2 Å². The van der Waals surface area contributed by atoms with Gasteiger partial charge in [0.1, 0.15) is 17.9 Å². The van der Waals surface area contributed by atoms with E-state index in [4.69, 9.17) is 5.11 Å². The zero-order chi connectivity index (χ0) is 25.9. The molecule has 2 heterocycles. The molecule has 0 unspecified atom stereocenters. The average Bonchev–Trinajstić information content (AvgIpc) is 3.24. The summed E-state index contributed by atoms with van der Waals surface area (Å²) in [5.74, 6) is -3.46. The van der Waals surface area contributed by atoms with Crippen molar-refractivity contribution in [1.82, 2.24) is 14.8 Å². The summed E-state index contributed by atoms with van der Waals surface area (Å²) < 4.78 is 39.8. The van der Waals surface area contributed by atoms with Crippen molar-refractivity contribution in [2.75, 3.05) is 6.54 Å². The molecule has 2 aromatic rings. The van der Waals surface area contributed by atoms with Gasteiger partial charge in [-0.3, -0.25) is 19.2 Å². The lowest BCUT2D eigenvalue weighted by molar-refractivity contribution is -0.138. The Labute approximate surface area is 197 Å². The second kappa shape index (κ2) is 10.0. The Hall–Kier alpha value is -4.09. The van der Waals surface area contributed by atoms with Crippen LogP contribution in [0.5, 0.6) is 5.75 Å². The van der Waals surface area contributed by atoms with E-state index < -0.39 is 47.0 Å². The van der Waals surface area contributed by atoms with Crippen LogP contribution in [0.2, 0.25) is 0 Å². The number of aromatic hydroxyl groups is 1. The largest absolute Gasteiger partial charge is 0.506 e. The van der Waals surface area contributed by atoms with Crippen LogP contribution < -0.4 is 10.9 Å². The molecule has 0 saturated carbocycles. The number of hydrogen-bond donors (Lipinski definition) is 3. The van der Waals surface area contributed by atoms with Crippen molar-refractivity contribution >= 4 is 17.8 Å². The fourth-order valence-corrected chi connectivity index (χ4v) is 3.74. The fourth-order valence-electron chi connectivity index (χ4n) is 3.74. The molecule has 0 radical (unpaired) electrons. The van der Waals surface area contributed by atoms with Gasteiger partial charge in [0.2, 0.25) is 5.91 Å². The number of benzene rings is 1. The lowest BCUT2D eigenvalue weighted by Crippen LogP contribution is -2.37. The molecule has 35 heavy (non-hydrogen) atoms. The Bertz CT molecular complexity index is 1240. The number of carboxylic acids is 1. The van der Waals surface area contributed by atoms with Crippen molar-refractivity contribution in [3.05, 3.63) is 75.2 Å². The molecule has 0 bridgehead atoms. The normalized spacial score (nSPS) is 12.8. The van der Waals surface area contributed by atoms with Gasteiger partial charge >= 0.3 is 12.1 Å². The number of carbonyl (C=O) groups is 3. The lowest BCUT2D eigenvalue weighted by Gasteiger charge is -2.17. The number of nitrogens with one attached hydrogen (secondary N) is 1. The molecular weight excluding hydrogens is 471 g/mol. The number of fused-ring (bicyclic) bond motifs is 1. The third kappa shape index (κ3) is 5.53. The van der Waals surface area contributed by atoms with Gasteiger partial charge in [-0.25, -0.2) is 0 Å². The number of nitrogens with zero attached hydrogens (tertiary/aromatic N) is 2. The van der Waals surface area contributed by atoms with Crippen LogP contribution in [0.3, 0.4) is 0 Å². The Balaban J connectivity index is 2.05. The summed E-state index contributed by atoms with van der Waals surface area (Å²) in [5, 5.41) is 21.5. The molecule has 0 fully saturated rings. The molecule has 0 spiro atoms. The number of hydrogen-bond acceptors (Lipinski definition) is 5. The van der Waals surface area contributed by atoms with Crippen LogP contribution in [0.4, 0.5) is 13.2 Å². The van der Waals surface area contributed by atoms with Crippen LogP contribution >= 0.6 is 0 Å². The maximum atomic E-state index is 13.2. The molecule has 12 heteroatoms. The quantitative estimate of drug-likeness (QED) is 0.484. The second-order valence-electron chi connectivity index (χ2n) is 7.89. The van der Waals surface area contributed by atoms with Crippen molar-refractivity contribution in [2.45, 2.75) is 38.7 Å². The molecule has 0 saturated heterocycles. The zero-order valence-electron chi connectivity index (χ0n) is 18.4. The van der Waals surface area contributed by atoms with E-state index in [0.29, 0.717) is 12.0 Å². The van der Waals surface area contributed by atoms with Crippen molar-refractivity contribution < 1.29 is 37.8 Å². The zero-order valence-corrected chi connectivity index (χ0v) is 18.4. The minimum atomic E-state index is -4.54. The van der Waals surface area contributed by atoms with Gasteiger partial charge in [-0.15, -0.1) is 6.58 Å². The number of rotatable bonds is 8. The Morgan fingerprint density at radius 3 is 2.37 bits per heavy atom. The number of carbonyl (C=O) groups excluding carboxylic acids is 2. The monoisotopic (exact) mass is 493 g/mol. The van der Waals surface area contributed by atoms with E-state index in [9.17, 15) is 37.5 Å². The predicted molar refractivity (Wildman–Crippen MR) is 117 cm³/mol. The summed E-state index contributed by atoms with van der Waals surface area (Å²) in [4.78, 5) is 50.5. The van der Waals surface area contributed by atoms with Crippen molar-refractivity contribution in [2.24, 2.45) is 0 Å². The number of allylic oxidation sites excluding steroid dienone is 1. The van der Waals surface area contributed by atoms with E-state index in [1.54, 1.807) is 6.08 Å². The van der Waals surface area contributed by atoms with E-state index in [1.165, 1.54) is 17.0 Å². The van der Waals surface area contributed by atoms with E-state index >= 15 is 0 Å². The number of carboxylic acid groups (broad SMARTS) is 1. The molecule has 3 N–H and O–H groups in total. The van der Waals surface area contributed by atoms with Crippen LogP contribution in [0.15, 0.2) is 41.7 Å². The van der Waals surface area contributed by atoms with Crippen LogP contribution in [-0.4, -0.2) is 44.0 Å². The average molecular weight is 493 g/mol. The highest BCUT2D eigenvalue weighted by Crippen LogP contribution is 2.33. The summed E-state index contributed by atoms with van der Waals surface area (Å²) in [7, 11) is 0. The molecular formula is C23H22F3N3O6. The summed E-state index contributed by atoms with van der Waals surface area (Å²) in [5.41, 5.74) is -1.89. The third-order valence-corrected chi connectivity index (χ3v) is 5.51. The van der Waals surface area contributed by atoms with Crippen molar-refractivity contribution in [3.63, 3.8) is 0 Å². The first-order chi connectivity index (χ1) is 16.4. The minimum Gasteiger partial charge on any atom is -0.506 e. The Kier molecular flexibility index (Phi) is 7.32. The van der Waals surface area contributed by atoms with E-state index in [-0.39, 0.29) is 43.2 Å². The molecule has 0 aliphatic carbocycles. The molecule has 186 valence electrons. The number of aliphatic carboxylic acids is 1. The summed E-state index contributed by atoms with van der Waals surface area (Å²) in [6.45, 7) is 2.34. The molecule has 1 aliphatic heterocycles. The van der Waals surface area contributed by atoms with Gasteiger partial charge in [0.05, 0.1) is 25.2 Å². The number of halogens is 3. The molecule has 2 amide bonds. The molecule has 1 aromatic carbocycles. The summed E-state index contributed by atoms with van der Waals surface area (Å²) in [6, 6.07) is 4.07. The van der Waals surface area contributed by atoms with E-state index in [2.05, 4.69) is 6.58 Å². The van der Waals surface area contributed by atoms with Crippen molar-refractivity contribution in [3.8, 4) is 5.75 Å². The lowest BCUT2D eigenvalue weighted by atomic mass is 10.1. The van der Waals surface area contributed by atoms with Gasteiger partial charge in [0.15, 0.2) is 0 Å². The predicted octanol–water partition coefficient (Wildman–Crippen LogP) is 2.24. The van der Waals surface area contributed by atoms with Crippen LogP contribution in [0, 0.1) is 0 Å². The van der Waals surface area contributed by atoms with E-state index in [0.717, 1.165) is 16.7 Å². The number of alkyl halides is 3. The van der Waals surface area contributed by atoms with Gasteiger partial charge in [-0.1, -0.05) is 18.2 Å². The standard InChI is InChI=1S/C23H22F3N3O6/c1-2-3-4-17(30)28-11-15-16(12-28)29(10-13-5-7-14(8-6-13)23(24,25)26)22(35)19(20(15)33)21(34)27-9-18(31)32/h2,5-8,33H,1,3-4,9-12H2,(H,27,34)(H,31,32). The Morgan fingerprint density at radius 2 is 1.80 bits per heavy atom. The smallest absolute Gasteiger partial charge is 0.416 e. The first-order valence-corrected chi connectivity index (χ1v) is 10.5. The minimum absolute atomic E-state index is 0.0637. The van der Waals surface area contributed by atoms with Gasteiger partial charge < -0.3 is 25.0 Å². The molecule has 0 atom stereocenters. The highest BCUT2D eigenvalue weighted by Gasteiger charge is 2.34. The van der Waals surface area contributed by atoms with Gasteiger partial charge in [0, 0.05) is 17.7 Å². The number of aromatic nitrogens is 1. The molecule has 1 aromatic heterocycles. The van der Waals surface area contributed by atoms with Gasteiger partial charge in [0.25, 0.3) is 11.5 Å². The summed E-state index contributed by atoms with van der Waals surface area (Å²) >= 11 is 0. The first-order valence-electron chi connectivity index (χ1n) is 10.5. The topological polar surface area (TPSA) is 129 Å². The third-order valence-electron chi connectivity index (χ3n) is 5.51. The van der Waals surface area contributed by atoms with E-state index in [1.807, 2.05) is 5.32 Å².